The molecule has 0 spiro atoms. The highest BCUT2D eigenvalue weighted by Gasteiger charge is 2.41. The van der Waals surface area contributed by atoms with E-state index in [1.54, 1.807) is 0 Å². The van der Waals surface area contributed by atoms with Crippen LogP contribution in [0.15, 0.2) is 0 Å². The van der Waals surface area contributed by atoms with Gasteiger partial charge in [0.15, 0.2) is 0 Å². The van der Waals surface area contributed by atoms with E-state index in [2.05, 4.69) is 34.6 Å². The van der Waals surface area contributed by atoms with Crippen molar-refractivity contribution in [2.45, 2.75) is 78.9 Å². The molecule has 1 nitrogen and oxygen atoms in total. The van der Waals surface area contributed by atoms with Gasteiger partial charge in [-0.15, -0.1) is 0 Å². The maximum atomic E-state index is 6.32. The third-order valence-electron chi connectivity index (χ3n) is 4.62. The van der Waals surface area contributed by atoms with Crippen molar-refractivity contribution in [2.75, 3.05) is 0 Å². The van der Waals surface area contributed by atoms with Gasteiger partial charge in [0.05, 0.1) is 12.2 Å². The van der Waals surface area contributed by atoms with Crippen LogP contribution in [0.2, 0.25) is 0 Å². The van der Waals surface area contributed by atoms with Crippen molar-refractivity contribution in [1.29, 1.82) is 0 Å². The normalized spacial score (nSPS) is 39.9. The van der Waals surface area contributed by atoms with E-state index in [0.717, 1.165) is 17.8 Å². The van der Waals surface area contributed by atoms with Gasteiger partial charge in [0.2, 0.25) is 0 Å². The molecule has 4 unspecified atom stereocenters. The second-order valence-corrected chi connectivity index (χ2v) is 5.25. The largest absolute Gasteiger partial charge is 0.374 e. The molecule has 96 valence electrons. The van der Waals surface area contributed by atoms with Crippen LogP contribution in [-0.4, -0.2) is 12.2 Å². The molecule has 1 saturated heterocycles. The van der Waals surface area contributed by atoms with E-state index in [0.29, 0.717) is 12.2 Å². The molecule has 0 aromatic heterocycles. The Hall–Kier alpha value is -0.0400. The highest BCUT2D eigenvalue weighted by Crippen LogP contribution is 2.42. The lowest BCUT2D eigenvalue weighted by atomic mass is 9.69. The maximum absolute atomic E-state index is 6.32. The molecule has 0 aromatic rings. The Kier molecular flexibility index (Phi) is 5.82. The predicted molar refractivity (Wildman–Crippen MR) is 70.6 cm³/mol. The summed E-state index contributed by atoms with van der Waals surface area (Å²) in [4.78, 5) is 0. The average Bonchev–Trinajstić information content (AvgIpc) is 2.35. The zero-order chi connectivity index (χ0) is 12.1. The van der Waals surface area contributed by atoms with E-state index in [4.69, 9.17) is 4.74 Å². The molecule has 0 bridgehead atoms. The first-order valence-corrected chi connectivity index (χ1v) is 7.38. The van der Waals surface area contributed by atoms with Crippen molar-refractivity contribution in [3.63, 3.8) is 0 Å². The first-order valence-electron chi connectivity index (χ1n) is 7.38. The van der Waals surface area contributed by atoms with Gasteiger partial charge < -0.3 is 4.74 Å². The number of hydrogen-bond acceptors (Lipinski definition) is 1. The van der Waals surface area contributed by atoms with E-state index in [1.807, 2.05) is 0 Å². The molecule has 0 saturated carbocycles. The van der Waals surface area contributed by atoms with Crippen LogP contribution in [-0.2, 0) is 4.74 Å². The molecule has 1 aliphatic rings. The molecule has 1 rings (SSSR count). The van der Waals surface area contributed by atoms with Crippen LogP contribution in [0.4, 0.5) is 0 Å². The van der Waals surface area contributed by atoms with Gasteiger partial charge in [0.25, 0.3) is 0 Å². The first kappa shape index (κ1) is 14.0. The van der Waals surface area contributed by atoms with Crippen molar-refractivity contribution in [2.24, 2.45) is 17.8 Å². The van der Waals surface area contributed by atoms with Gasteiger partial charge in [-0.05, 0) is 30.6 Å². The quantitative estimate of drug-likeness (QED) is 0.663. The van der Waals surface area contributed by atoms with Crippen LogP contribution >= 0.6 is 0 Å². The Morgan fingerprint density at radius 1 is 0.562 bits per heavy atom. The zero-order valence-corrected chi connectivity index (χ0v) is 11.8. The fourth-order valence-electron chi connectivity index (χ4n) is 3.83. The van der Waals surface area contributed by atoms with Gasteiger partial charge in [-0.25, -0.2) is 0 Å². The summed E-state index contributed by atoms with van der Waals surface area (Å²) in [7, 11) is 0. The van der Waals surface area contributed by atoms with Crippen LogP contribution in [0, 0.1) is 17.8 Å². The van der Waals surface area contributed by atoms with Gasteiger partial charge in [0.1, 0.15) is 0 Å². The summed E-state index contributed by atoms with van der Waals surface area (Å²) in [5.41, 5.74) is 0. The Bertz CT molecular complexity index is 172. The van der Waals surface area contributed by atoms with Crippen molar-refractivity contribution in [3.8, 4) is 0 Å². The third kappa shape index (κ3) is 2.61. The molecule has 1 heteroatoms. The first-order chi connectivity index (χ1) is 7.73. The predicted octanol–water partition coefficient (Wildman–Crippen LogP) is 4.65. The summed E-state index contributed by atoms with van der Waals surface area (Å²) in [6.45, 7) is 11.6. The highest BCUT2D eigenvalue weighted by molar-refractivity contribution is 4.89. The molecular weight excluding hydrogens is 196 g/mol. The zero-order valence-electron chi connectivity index (χ0n) is 11.8. The molecule has 0 N–H and O–H groups in total. The molecule has 1 heterocycles. The summed E-state index contributed by atoms with van der Waals surface area (Å²) < 4.78 is 6.32. The summed E-state index contributed by atoms with van der Waals surface area (Å²) in [6, 6.07) is 0. The fourth-order valence-corrected chi connectivity index (χ4v) is 3.83. The van der Waals surface area contributed by atoms with E-state index < -0.39 is 0 Å². The van der Waals surface area contributed by atoms with E-state index in [1.165, 1.54) is 32.1 Å². The molecule has 0 aromatic carbocycles. The fraction of sp³-hybridized carbons (Fsp3) is 1.00. The summed E-state index contributed by atoms with van der Waals surface area (Å²) in [5, 5.41) is 0. The van der Waals surface area contributed by atoms with E-state index >= 15 is 0 Å². The molecule has 1 aliphatic heterocycles. The van der Waals surface area contributed by atoms with Crippen molar-refractivity contribution >= 4 is 0 Å². The van der Waals surface area contributed by atoms with Crippen molar-refractivity contribution in [3.05, 3.63) is 0 Å². The van der Waals surface area contributed by atoms with Crippen molar-refractivity contribution < 1.29 is 4.74 Å². The van der Waals surface area contributed by atoms with Gasteiger partial charge in [-0.1, -0.05) is 53.9 Å². The molecule has 16 heavy (non-hydrogen) atoms. The van der Waals surface area contributed by atoms with Crippen molar-refractivity contribution in [1.82, 2.24) is 0 Å². The summed E-state index contributed by atoms with van der Waals surface area (Å²) >= 11 is 0. The molecular formula is C15H30O. The van der Waals surface area contributed by atoms with Gasteiger partial charge in [-0.2, -0.15) is 0 Å². The summed E-state index contributed by atoms with van der Waals surface area (Å²) in [6.07, 6.45) is 7.29. The highest BCUT2D eigenvalue weighted by atomic mass is 16.5. The van der Waals surface area contributed by atoms with Gasteiger partial charge in [-0.3, -0.25) is 0 Å². The molecule has 0 amide bonds. The average molecular weight is 226 g/mol. The molecule has 1 fully saturated rings. The molecule has 4 atom stereocenters. The number of rotatable bonds is 5. The minimum absolute atomic E-state index is 0.516. The monoisotopic (exact) mass is 226 g/mol. The lowest BCUT2D eigenvalue weighted by Gasteiger charge is -2.47. The lowest BCUT2D eigenvalue weighted by Crippen LogP contribution is -2.46. The number of ether oxygens (including phenoxy) is 1. The molecule has 0 radical (unpaired) electrons. The Balaban J connectivity index is 2.85. The van der Waals surface area contributed by atoms with Gasteiger partial charge >= 0.3 is 0 Å². The van der Waals surface area contributed by atoms with Crippen LogP contribution < -0.4 is 0 Å². The Morgan fingerprint density at radius 3 is 1.19 bits per heavy atom. The minimum Gasteiger partial charge on any atom is -0.374 e. The van der Waals surface area contributed by atoms with Crippen LogP contribution in [0.25, 0.3) is 0 Å². The van der Waals surface area contributed by atoms with Crippen LogP contribution in [0.3, 0.4) is 0 Å². The van der Waals surface area contributed by atoms with E-state index in [-0.39, 0.29) is 0 Å². The van der Waals surface area contributed by atoms with Gasteiger partial charge in [0, 0.05) is 0 Å². The van der Waals surface area contributed by atoms with Crippen LogP contribution in [0.5, 0.6) is 0 Å². The Morgan fingerprint density at radius 2 is 0.938 bits per heavy atom. The SMILES string of the molecule is CCC1OC(CC)C(CC)C(CC)C1CC. The van der Waals surface area contributed by atoms with Crippen LogP contribution in [0.1, 0.15) is 66.7 Å². The lowest BCUT2D eigenvalue weighted by molar-refractivity contribution is -0.150. The topological polar surface area (TPSA) is 9.23 Å². The Labute approximate surface area is 102 Å². The minimum atomic E-state index is 0.516. The van der Waals surface area contributed by atoms with E-state index in [9.17, 15) is 0 Å². The second-order valence-electron chi connectivity index (χ2n) is 5.25. The second kappa shape index (κ2) is 6.64. The maximum Gasteiger partial charge on any atom is 0.0607 e. The summed E-state index contributed by atoms with van der Waals surface area (Å²) in [5.74, 6) is 2.48. The number of hydrogen-bond donors (Lipinski definition) is 0. The smallest absolute Gasteiger partial charge is 0.0607 e. The standard InChI is InChI=1S/C15H30O/c1-6-11-12(7-2)14(9-4)16-15(10-5)13(11)8-3/h11-15H,6-10H2,1-5H3. The molecule has 0 aliphatic carbocycles. The third-order valence-corrected chi connectivity index (χ3v) is 4.62.